The van der Waals surface area contributed by atoms with Crippen molar-refractivity contribution in [3.05, 3.63) is 29.8 Å². The summed E-state index contributed by atoms with van der Waals surface area (Å²) < 4.78 is 22.2. The number of halogens is 1. The zero-order valence-electron chi connectivity index (χ0n) is 9.72. The highest BCUT2D eigenvalue weighted by Gasteiger charge is 2.36. The second-order valence-corrected chi connectivity index (χ2v) is 7.16. The maximum atomic E-state index is 11.5. The standard InChI is InChI=1S/C11H16BrNO3S/c1-8(2)11(12,7-14)9-5-3-4-6-10(9)17(13,15)16/h3-6,8,14H,7H2,1-2H3,(H2,13,15,16)/t11-/m0/s1. The normalized spacial score (nSPS) is 15.9. The van der Waals surface area contributed by atoms with Crippen molar-refractivity contribution in [3.63, 3.8) is 0 Å². The third kappa shape index (κ3) is 2.88. The molecule has 1 aromatic carbocycles. The monoisotopic (exact) mass is 321 g/mol. The first kappa shape index (κ1) is 14.6. The Labute approximate surface area is 110 Å². The fraction of sp³-hybridized carbons (Fsp3) is 0.455. The Bertz CT molecular complexity index is 501. The number of benzene rings is 1. The fourth-order valence-electron chi connectivity index (χ4n) is 1.64. The molecule has 0 aliphatic rings. The number of hydrogen-bond acceptors (Lipinski definition) is 3. The maximum absolute atomic E-state index is 11.5. The van der Waals surface area contributed by atoms with Crippen molar-refractivity contribution in [3.8, 4) is 0 Å². The third-order valence-electron chi connectivity index (χ3n) is 2.79. The number of aliphatic hydroxyl groups is 1. The van der Waals surface area contributed by atoms with Crippen molar-refractivity contribution in [1.82, 2.24) is 0 Å². The minimum absolute atomic E-state index is 0.00963. The van der Waals surface area contributed by atoms with Crippen molar-refractivity contribution >= 4 is 26.0 Å². The molecule has 6 heteroatoms. The minimum atomic E-state index is -3.80. The molecule has 0 aromatic heterocycles. The van der Waals surface area contributed by atoms with Crippen molar-refractivity contribution in [1.29, 1.82) is 0 Å². The van der Waals surface area contributed by atoms with Gasteiger partial charge in [0.1, 0.15) is 0 Å². The van der Waals surface area contributed by atoms with E-state index in [4.69, 9.17) is 5.14 Å². The molecule has 0 saturated carbocycles. The van der Waals surface area contributed by atoms with Crippen molar-refractivity contribution in [2.24, 2.45) is 11.1 Å². The molecule has 0 heterocycles. The molecule has 0 fully saturated rings. The van der Waals surface area contributed by atoms with E-state index in [-0.39, 0.29) is 17.4 Å². The molecule has 0 bridgehead atoms. The number of rotatable bonds is 4. The van der Waals surface area contributed by atoms with E-state index in [0.717, 1.165) is 0 Å². The van der Waals surface area contributed by atoms with Gasteiger partial charge in [-0.25, -0.2) is 13.6 Å². The number of alkyl halides is 1. The van der Waals surface area contributed by atoms with Crippen LogP contribution < -0.4 is 5.14 Å². The van der Waals surface area contributed by atoms with E-state index in [9.17, 15) is 13.5 Å². The van der Waals surface area contributed by atoms with Crippen LogP contribution in [0.25, 0.3) is 0 Å². The van der Waals surface area contributed by atoms with Crippen molar-refractivity contribution < 1.29 is 13.5 Å². The van der Waals surface area contributed by atoms with Gasteiger partial charge < -0.3 is 5.11 Å². The summed E-state index contributed by atoms with van der Waals surface area (Å²) in [5, 5.41) is 14.7. The van der Waals surface area contributed by atoms with Crippen LogP contribution in [0.4, 0.5) is 0 Å². The topological polar surface area (TPSA) is 80.4 Å². The first-order chi connectivity index (χ1) is 7.73. The molecule has 0 amide bonds. The molecule has 3 N–H and O–H groups in total. The van der Waals surface area contributed by atoms with Crippen LogP contribution in [-0.4, -0.2) is 20.1 Å². The molecule has 0 unspecified atom stereocenters. The highest BCUT2D eigenvalue weighted by Crippen LogP contribution is 2.40. The predicted molar refractivity (Wildman–Crippen MR) is 70.3 cm³/mol. The largest absolute Gasteiger partial charge is 0.395 e. The second-order valence-electron chi connectivity index (χ2n) is 4.22. The van der Waals surface area contributed by atoms with Gasteiger partial charge >= 0.3 is 0 Å². The lowest BCUT2D eigenvalue weighted by molar-refractivity contribution is 0.219. The fourth-order valence-corrected chi connectivity index (χ4v) is 2.94. The van der Waals surface area contributed by atoms with Crippen LogP contribution in [0, 0.1) is 5.92 Å². The van der Waals surface area contributed by atoms with Gasteiger partial charge in [-0.2, -0.15) is 0 Å². The average molecular weight is 322 g/mol. The van der Waals surface area contributed by atoms with Gasteiger partial charge in [-0.15, -0.1) is 0 Å². The summed E-state index contributed by atoms with van der Waals surface area (Å²) in [5.41, 5.74) is 0.486. The first-order valence-electron chi connectivity index (χ1n) is 5.15. The summed E-state index contributed by atoms with van der Waals surface area (Å²) in [7, 11) is -3.80. The van der Waals surface area contributed by atoms with Crippen LogP contribution in [0.1, 0.15) is 19.4 Å². The van der Waals surface area contributed by atoms with E-state index in [0.29, 0.717) is 5.56 Å². The number of hydrogen-bond donors (Lipinski definition) is 2. The molecular weight excluding hydrogens is 306 g/mol. The zero-order chi connectivity index (χ0) is 13.3. The summed E-state index contributed by atoms with van der Waals surface area (Å²) in [6.45, 7) is 3.58. The summed E-state index contributed by atoms with van der Waals surface area (Å²) in [5.74, 6) is 0.00963. The van der Waals surface area contributed by atoms with E-state index in [2.05, 4.69) is 15.9 Å². The van der Waals surface area contributed by atoms with Crippen LogP contribution in [0.15, 0.2) is 29.2 Å². The maximum Gasteiger partial charge on any atom is 0.238 e. The van der Waals surface area contributed by atoms with Crippen molar-refractivity contribution in [2.45, 2.75) is 23.1 Å². The minimum Gasteiger partial charge on any atom is -0.395 e. The molecule has 1 atom stereocenters. The van der Waals surface area contributed by atoms with Gasteiger partial charge in [0.15, 0.2) is 0 Å². The molecule has 1 rings (SSSR count). The number of nitrogens with two attached hydrogens (primary N) is 1. The predicted octanol–water partition coefficient (Wildman–Crippen LogP) is 1.57. The SMILES string of the molecule is CC(C)[C@@](Br)(CO)c1ccccc1S(N)(=O)=O. The molecular formula is C11H16BrNO3S. The highest BCUT2D eigenvalue weighted by atomic mass is 79.9. The Hall–Kier alpha value is -0.430. The lowest BCUT2D eigenvalue weighted by Crippen LogP contribution is -2.32. The molecule has 1 aromatic rings. The second kappa shape index (κ2) is 5.06. The van der Waals surface area contributed by atoms with Crippen LogP contribution >= 0.6 is 15.9 Å². The molecule has 96 valence electrons. The Morgan fingerprint density at radius 2 is 1.94 bits per heavy atom. The van der Waals surface area contributed by atoms with Gasteiger partial charge in [0.25, 0.3) is 0 Å². The van der Waals surface area contributed by atoms with E-state index >= 15 is 0 Å². The Morgan fingerprint density at radius 3 is 2.35 bits per heavy atom. The summed E-state index contributed by atoms with van der Waals surface area (Å²) in [6, 6.07) is 6.43. The van der Waals surface area contributed by atoms with E-state index in [1.54, 1.807) is 18.2 Å². The molecule has 0 radical (unpaired) electrons. The Kier molecular flexibility index (Phi) is 4.35. The van der Waals surface area contributed by atoms with Gasteiger partial charge in [0.05, 0.1) is 15.8 Å². The molecule has 0 aliphatic heterocycles. The lowest BCUT2D eigenvalue weighted by atomic mass is 9.89. The van der Waals surface area contributed by atoms with Crippen LogP contribution in [-0.2, 0) is 14.3 Å². The van der Waals surface area contributed by atoms with E-state index in [1.807, 2.05) is 13.8 Å². The molecule has 17 heavy (non-hydrogen) atoms. The average Bonchev–Trinajstić information content (AvgIpc) is 2.26. The number of primary sulfonamides is 1. The molecule has 4 nitrogen and oxygen atoms in total. The summed E-state index contributed by atoms with van der Waals surface area (Å²) in [6.07, 6.45) is 0. The summed E-state index contributed by atoms with van der Waals surface area (Å²) >= 11 is 3.43. The zero-order valence-corrected chi connectivity index (χ0v) is 12.1. The van der Waals surface area contributed by atoms with Crippen LogP contribution in [0.5, 0.6) is 0 Å². The van der Waals surface area contributed by atoms with Crippen LogP contribution in [0.3, 0.4) is 0 Å². The van der Waals surface area contributed by atoms with Gasteiger partial charge in [0, 0.05) is 0 Å². The summed E-state index contributed by atoms with van der Waals surface area (Å²) in [4.78, 5) is 0.0413. The molecule has 0 aliphatic carbocycles. The van der Waals surface area contributed by atoms with Gasteiger partial charge in [0.2, 0.25) is 10.0 Å². The Morgan fingerprint density at radius 1 is 1.41 bits per heavy atom. The highest BCUT2D eigenvalue weighted by molar-refractivity contribution is 9.09. The van der Waals surface area contributed by atoms with Gasteiger partial charge in [-0.1, -0.05) is 48.0 Å². The first-order valence-corrected chi connectivity index (χ1v) is 7.49. The smallest absolute Gasteiger partial charge is 0.238 e. The van der Waals surface area contributed by atoms with E-state index in [1.165, 1.54) is 6.07 Å². The van der Waals surface area contributed by atoms with Crippen LogP contribution in [0.2, 0.25) is 0 Å². The lowest BCUT2D eigenvalue weighted by Gasteiger charge is -2.31. The number of aliphatic hydroxyl groups excluding tert-OH is 1. The number of sulfonamides is 1. The van der Waals surface area contributed by atoms with Gasteiger partial charge in [-0.05, 0) is 17.5 Å². The Balaban J connectivity index is 3.51. The van der Waals surface area contributed by atoms with Crippen molar-refractivity contribution in [2.75, 3.05) is 6.61 Å². The van der Waals surface area contributed by atoms with Gasteiger partial charge in [-0.3, -0.25) is 0 Å². The third-order valence-corrected chi connectivity index (χ3v) is 5.35. The quantitative estimate of drug-likeness (QED) is 0.826. The molecule has 0 saturated heterocycles. The molecule has 0 spiro atoms. The van der Waals surface area contributed by atoms with E-state index < -0.39 is 14.3 Å².